The van der Waals surface area contributed by atoms with Crippen molar-refractivity contribution < 1.29 is 32.6 Å². The predicted molar refractivity (Wildman–Crippen MR) is 94.3 cm³/mol. The van der Waals surface area contributed by atoms with Crippen molar-refractivity contribution in [2.24, 2.45) is 0 Å². The van der Waals surface area contributed by atoms with Gasteiger partial charge < -0.3 is 9.84 Å². The molecule has 0 aliphatic rings. The van der Waals surface area contributed by atoms with E-state index in [9.17, 15) is 22.8 Å². The maximum Gasteiger partial charge on any atom is 0.416 e. The molecular weight excluding hydrogens is 393 g/mol. The first-order valence-electron chi connectivity index (χ1n) is 8.28. The summed E-state index contributed by atoms with van der Waals surface area (Å²) in [6.45, 7) is 2.24. The molecule has 0 aliphatic heterocycles. The molecule has 8 nitrogen and oxygen atoms in total. The van der Waals surface area contributed by atoms with Crippen molar-refractivity contribution >= 4 is 11.9 Å². The molecule has 0 aliphatic carbocycles. The molecular formula is C18H17F3N4O4. The normalized spacial score (nSPS) is 10.8. The van der Waals surface area contributed by atoms with Crippen LogP contribution in [0.2, 0.25) is 0 Å². The molecule has 0 unspecified atom stereocenters. The number of esters is 1. The second kappa shape index (κ2) is 9.53. The van der Waals surface area contributed by atoms with Gasteiger partial charge in [0.15, 0.2) is 0 Å². The van der Waals surface area contributed by atoms with E-state index < -0.39 is 23.7 Å². The van der Waals surface area contributed by atoms with Crippen molar-refractivity contribution in [2.75, 3.05) is 6.61 Å². The van der Waals surface area contributed by atoms with Crippen LogP contribution in [-0.4, -0.2) is 43.6 Å². The van der Waals surface area contributed by atoms with E-state index in [0.29, 0.717) is 11.1 Å². The first kappa shape index (κ1) is 21.7. The van der Waals surface area contributed by atoms with Crippen molar-refractivity contribution in [2.45, 2.75) is 19.6 Å². The summed E-state index contributed by atoms with van der Waals surface area (Å²) < 4.78 is 43.6. The number of benzene rings is 1. The Hall–Kier alpha value is -3.63. The molecule has 11 heteroatoms. The molecule has 154 valence electrons. The van der Waals surface area contributed by atoms with E-state index in [1.807, 2.05) is 0 Å². The quantitative estimate of drug-likeness (QED) is 0.625. The Morgan fingerprint density at radius 3 is 2.34 bits per heavy atom. The Morgan fingerprint density at radius 1 is 1.17 bits per heavy atom. The summed E-state index contributed by atoms with van der Waals surface area (Å²) in [6, 6.07) is 4.80. The molecule has 2 heterocycles. The zero-order chi connectivity index (χ0) is 21.4. The van der Waals surface area contributed by atoms with E-state index >= 15 is 0 Å². The molecule has 1 aromatic carbocycles. The second-order valence-electron chi connectivity index (χ2n) is 5.63. The second-order valence-corrected chi connectivity index (χ2v) is 5.63. The van der Waals surface area contributed by atoms with Crippen molar-refractivity contribution in [3.8, 4) is 0 Å². The fourth-order valence-corrected chi connectivity index (χ4v) is 2.12. The molecule has 2 N–H and O–H groups in total. The van der Waals surface area contributed by atoms with Crippen LogP contribution < -0.4 is 0 Å². The van der Waals surface area contributed by atoms with Crippen LogP contribution in [-0.2, 0) is 17.5 Å². The Morgan fingerprint density at radius 2 is 1.86 bits per heavy atom. The standard InChI is InChI=1S/C14H13F3N2O2.C4H4N2O2/c1-2-21-13(20)11-7-18-19(9-11)8-10-3-5-12(6-4-10)14(15,16)17;7-4(8)3-1-5-6-2-3/h3-7,9H,2,8H2,1H3;1-2H,(H,5,6)(H,7,8). The maximum atomic E-state index is 12.4. The van der Waals surface area contributed by atoms with Crippen LogP contribution in [0, 0.1) is 0 Å². The van der Waals surface area contributed by atoms with Gasteiger partial charge in [-0.2, -0.15) is 23.4 Å². The average molecular weight is 410 g/mol. The van der Waals surface area contributed by atoms with Crippen LogP contribution >= 0.6 is 0 Å². The molecule has 0 saturated carbocycles. The van der Waals surface area contributed by atoms with Crippen LogP contribution in [0.1, 0.15) is 38.8 Å². The number of rotatable bonds is 5. The van der Waals surface area contributed by atoms with Gasteiger partial charge in [0, 0.05) is 12.4 Å². The number of alkyl halides is 3. The average Bonchev–Trinajstić information content (AvgIpc) is 3.34. The summed E-state index contributed by atoms with van der Waals surface area (Å²) in [5.41, 5.74) is 0.453. The van der Waals surface area contributed by atoms with Gasteiger partial charge in [-0.3, -0.25) is 9.78 Å². The third kappa shape index (κ3) is 6.48. The van der Waals surface area contributed by atoms with Gasteiger partial charge in [0.25, 0.3) is 0 Å². The molecule has 0 saturated heterocycles. The molecule has 3 rings (SSSR count). The van der Waals surface area contributed by atoms with Crippen LogP contribution in [0.5, 0.6) is 0 Å². The van der Waals surface area contributed by atoms with E-state index in [2.05, 4.69) is 15.3 Å². The van der Waals surface area contributed by atoms with E-state index in [1.54, 1.807) is 6.92 Å². The topological polar surface area (TPSA) is 110 Å². The largest absolute Gasteiger partial charge is 0.478 e. The summed E-state index contributed by atoms with van der Waals surface area (Å²) in [7, 11) is 0. The number of halogens is 3. The Kier molecular flexibility index (Phi) is 7.12. The van der Waals surface area contributed by atoms with E-state index in [0.717, 1.165) is 12.1 Å². The molecule has 0 amide bonds. The van der Waals surface area contributed by atoms with Gasteiger partial charge in [-0.15, -0.1) is 0 Å². The lowest BCUT2D eigenvalue weighted by atomic mass is 10.1. The number of aromatic nitrogens is 4. The number of hydrogen-bond donors (Lipinski definition) is 2. The number of ether oxygens (including phenoxy) is 1. The summed E-state index contributed by atoms with van der Waals surface area (Å²) in [4.78, 5) is 21.5. The number of hydrogen-bond acceptors (Lipinski definition) is 5. The third-order valence-electron chi connectivity index (χ3n) is 3.52. The third-order valence-corrected chi connectivity index (χ3v) is 3.52. The number of carbonyl (C=O) groups excluding carboxylic acids is 1. The highest BCUT2D eigenvalue weighted by atomic mass is 19.4. The van der Waals surface area contributed by atoms with Gasteiger partial charge in [0.2, 0.25) is 0 Å². The molecule has 0 fully saturated rings. The lowest BCUT2D eigenvalue weighted by Gasteiger charge is -2.07. The number of nitrogens with zero attached hydrogens (tertiary/aromatic N) is 3. The van der Waals surface area contributed by atoms with Crippen molar-refractivity contribution in [3.05, 3.63) is 71.3 Å². The van der Waals surface area contributed by atoms with Crippen molar-refractivity contribution in [1.29, 1.82) is 0 Å². The van der Waals surface area contributed by atoms with Gasteiger partial charge in [0.05, 0.1) is 42.2 Å². The van der Waals surface area contributed by atoms with Gasteiger partial charge in [0.1, 0.15) is 0 Å². The minimum atomic E-state index is -4.35. The molecule has 3 aromatic rings. The minimum Gasteiger partial charge on any atom is -0.478 e. The molecule has 0 bridgehead atoms. The van der Waals surface area contributed by atoms with Gasteiger partial charge in [-0.1, -0.05) is 12.1 Å². The highest BCUT2D eigenvalue weighted by Crippen LogP contribution is 2.29. The Balaban J connectivity index is 0.000000313. The first-order valence-corrected chi connectivity index (χ1v) is 8.28. The fraction of sp³-hybridized carbons (Fsp3) is 0.222. The van der Waals surface area contributed by atoms with E-state index in [4.69, 9.17) is 9.84 Å². The monoisotopic (exact) mass is 410 g/mol. The lowest BCUT2D eigenvalue weighted by Crippen LogP contribution is -2.06. The minimum absolute atomic E-state index is 0.185. The lowest BCUT2D eigenvalue weighted by molar-refractivity contribution is -0.137. The Bertz CT molecular complexity index is 935. The van der Waals surface area contributed by atoms with Gasteiger partial charge in [-0.05, 0) is 24.6 Å². The summed E-state index contributed by atoms with van der Waals surface area (Å²) in [5, 5.41) is 18.0. The van der Waals surface area contributed by atoms with Crippen LogP contribution in [0.4, 0.5) is 13.2 Å². The molecule has 2 aromatic heterocycles. The zero-order valence-corrected chi connectivity index (χ0v) is 15.2. The summed E-state index contributed by atoms with van der Waals surface area (Å²) in [5.74, 6) is -1.44. The molecule has 29 heavy (non-hydrogen) atoms. The number of aromatic carboxylic acids is 1. The first-order chi connectivity index (χ1) is 13.7. The van der Waals surface area contributed by atoms with E-state index in [-0.39, 0.29) is 18.7 Å². The fourth-order valence-electron chi connectivity index (χ4n) is 2.12. The van der Waals surface area contributed by atoms with Crippen molar-refractivity contribution in [1.82, 2.24) is 20.0 Å². The maximum absolute atomic E-state index is 12.4. The number of aromatic amines is 1. The number of carbonyl (C=O) groups is 2. The number of carboxylic acids is 1. The van der Waals surface area contributed by atoms with Crippen LogP contribution in [0.25, 0.3) is 0 Å². The van der Waals surface area contributed by atoms with Gasteiger partial charge in [-0.25, -0.2) is 9.59 Å². The van der Waals surface area contributed by atoms with E-state index in [1.165, 1.54) is 41.6 Å². The highest BCUT2D eigenvalue weighted by molar-refractivity contribution is 5.88. The SMILES string of the molecule is CCOC(=O)c1cnn(Cc2ccc(C(F)(F)F)cc2)c1.O=C(O)c1cn[nH]c1. The highest BCUT2D eigenvalue weighted by Gasteiger charge is 2.29. The number of H-pyrrole nitrogens is 1. The molecule has 0 spiro atoms. The smallest absolute Gasteiger partial charge is 0.416 e. The van der Waals surface area contributed by atoms with Crippen molar-refractivity contribution in [3.63, 3.8) is 0 Å². The summed E-state index contributed by atoms with van der Waals surface area (Å²) >= 11 is 0. The van der Waals surface area contributed by atoms with Crippen LogP contribution in [0.3, 0.4) is 0 Å². The van der Waals surface area contributed by atoms with Crippen LogP contribution in [0.15, 0.2) is 49.1 Å². The zero-order valence-electron chi connectivity index (χ0n) is 15.2. The molecule has 0 atom stereocenters. The predicted octanol–water partition coefficient (Wildman–Crippen LogP) is 3.23. The number of carboxylic acid groups (broad SMARTS) is 1. The number of nitrogens with one attached hydrogen (secondary N) is 1. The molecule has 0 radical (unpaired) electrons. The Labute approximate surface area is 162 Å². The summed E-state index contributed by atoms with van der Waals surface area (Å²) in [6.07, 6.45) is 1.09. The van der Waals surface area contributed by atoms with Gasteiger partial charge >= 0.3 is 18.1 Å².